The molecule has 16 heavy (non-hydrogen) atoms. The van der Waals surface area contributed by atoms with Gasteiger partial charge in [0.15, 0.2) is 0 Å². The summed E-state index contributed by atoms with van der Waals surface area (Å²) in [5.74, 6) is 0.115. The van der Waals surface area contributed by atoms with Crippen LogP contribution in [-0.2, 0) is 4.79 Å². The number of rotatable bonds is 5. The maximum absolute atomic E-state index is 10.9. The van der Waals surface area contributed by atoms with Crippen LogP contribution >= 0.6 is 11.8 Å². The molecule has 0 bridgehead atoms. The number of carboxylic acids is 1. The van der Waals surface area contributed by atoms with Crippen LogP contribution < -0.4 is 0 Å². The second-order valence-corrected chi connectivity index (χ2v) is 5.20. The van der Waals surface area contributed by atoms with Gasteiger partial charge in [-0.15, -0.1) is 11.8 Å². The van der Waals surface area contributed by atoms with Crippen molar-refractivity contribution in [1.82, 2.24) is 0 Å². The number of carbonyl (C=O) groups is 1. The Morgan fingerprint density at radius 3 is 2.88 bits per heavy atom. The van der Waals surface area contributed by atoms with Crippen LogP contribution in [0.4, 0.5) is 0 Å². The fourth-order valence-electron chi connectivity index (χ4n) is 2.12. The van der Waals surface area contributed by atoms with Gasteiger partial charge in [-0.3, -0.25) is 4.79 Å². The lowest BCUT2D eigenvalue weighted by Gasteiger charge is -2.15. The molecule has 1 aliphatic rings. The molecular formula is C13H16O2S. The molecule has 0 radical (unpaired) electrons. The minimum atomic E-state index is -0.688. The summed E-state index contributed by atoms with van der Waals surface area (Å²) in [5, 5.41) is 8.94. The van der Waals surface area contributed by atoms with E-state index in [1.54, 1.807) is 11.8 Å². The van der Waals surface area contributed by atoms with Crippen molar-refractivity contribution in [3.8, 4) is 0 Å². The lowest BCUT2D eigenvalue weighted by molar-refractivity contribution is -0.137. The van der Waals surface area contributed by atoms with Crippen molar-refractivity contribution >= 4 is 17.7 Å². The number of benzene rings is 1. The van der Waals surface area contributed by atoms with Crippen LogP contribution in [0.3, 0.4) is 0 Å². The Balaban J connectivity index is 2.20. The molecule has 2 rings (SSSR count). The van der Waals surface area contributed by atoms with Crippen LogP contribution in [0, 0.1) is 5.92 Å². The van der Waals surface area contributed by atoms with Crippen molar-refractivity contribution in [1.29, 1.82) is 0 Å². The van der Waals surface area contributed by atoms with Gasteiger partial charge >= 0.3 is 5.97 Å². The molecule has 0 heterocycles. The van der Waals surface area contributed by atoms with Gasteiger partial charge in [0.25, 0.3) is 0 Å². The molecule has 0 saturated heterocycles. The molecular weight excluding hydrogens is 220 g/mol. The second kappa shape index (κ2) is 4.91. The molecule has 1 atom stereocenters. The zero-order valence-electron chi connectivity index (χ0n) is 9.35. The normalized spacial score (nSPS) is 17.1. The molecule has 2 nitrogen and oxygen atoms in total. The van der Waals surface area contributed by atoms with Crippen LogP contribution in [0.15, 0.2) is 29.2 Å². The largest absolute Gasteiger partial charge is 0.481 e. The fourth-order valence-corrected chi connectivity index (χ4v) is 2.58. The molecule has 1 aromatic rings. The first-order chi connectivity index (χ1) is 7.70. The third kappa shape index (κ3) is 2.79. The molecule has 1 saturated carbocycles. The Kier molecular flexibility index (Phi) is 3.54. The number of aliphatic carboxylic acids is 1. The molecule has 1 fully saturated rings. The highest BCUT2D eigenvalue weighted by atomic mass is 32.2. The van der Waals surface area contributed by atoms with Crippen molar-refractivity contribution in [3.05, 3.63) is 29.8 Å². The smallest absolute Gasteiger partial charge is 0.303 e. The molecule has 3 heteroatoms. The summed E-state index contributed by atoms with van der Waals surface area (Å²) in [5.41, 5.74) is 1.19. The number of hydrogen-bond acceptors (Lipinski definition) is 2. The topological polar surface area (TPSA) is 37.3 Å². The first kappa shape index (κ1) is 11.5. The zero-order valence-corrected chi connectivity index (χ0v) is 10.2. The van der Waals surface area contributed by atoms with Gasteiger partial charge < -0.3 is 5.11 Å². The first-order valence-electron chi connectivity index (χ1n) is 5.56. The van der Waals surface area contributed by atoms with E-state index < -0.39 is 5.97 Å². The standard InChI is InChI=1S/C13H16O2S/c1-16-11-4-2-3-10(7-11)12(8-13(14)15)9-5-6-9/h2-4,7,9,12H,5-6,8H2,1H3,(H,14,15). The van der Waals surface area contributed by atoms with Gasteiger partial charge in [0.1, 0.15) is 0 Å². The molecule has 1 aliphatic carbocycles. The minimum absolute atomic E-state index is 0.213. The van der Waals surface area contributed by atoms with Crippen LogP contribution in [0.25, 0.3) is 0 Å². The molecule has 0 aliphatic heterocycles. The van der Waals surface area contributed by atoms with Crippen LogP contribution in [-0.4, -0.2) is 17.3 Å². The lowest BCUT2D eigenvalue weighted by atomic mass is 9.91. The summed E-state index contributed by atoms with van der Waals surface area (Å²) in [7, 11) is 0. The predicted molar refractivity (Wildman–Crippen MR) is 65.9 cm³/mol. The van der Waals surface area contributed by atoms with E-state index in [2.05, 4.69) is 18.2 Å². The van der Waals surface area contributed by atoms with E-state index in [0.29, 0.717) is 5.92 Å². The zero-order chi connectivity index (χ0) is 11.5. The van der Waals surface area contributed by atoms with Gasteiger partial charge in [0.2, 0.25) is 0 Å². The van der Waals surface area contributed by atoms with Gasteiger partial charge in [-0.05, 0) is 48.6 Å². The van der Waals surface area contributed by atoms with E-state index in [1.807, 2.05) is 12.3 Å². The van der Waals surface area contributed by atoms with Crippen molar-refractivity contribution < 1.29 is 9.90 Å². The second-order valence-electron chi connectivity index (χ2n) is 4.32. The Morgan fingerprint density at radius 1 is 1.56 bits per heavy atom. The molecule has 1 aromatic carbocycles. The van der Waals surface area contributed by atoms with E-state index in [1.165, 1.54) is 23.3 Å². The van der Waals surface area contributed by atoms with Crippen molar-refractivity contribution in [3.63, 3.8) is 0 Å². The molecule has 86 valence electrons. The summed E-state index contributed by atoms with van der Waals surface area (Å²) < 4.78 is 0. The molecule has 0 aromatic heterocycles. The van der Waals surface area contributed by atoms with Gasteiger partial charge in [-0.2, -0.15) is 0 Å². The number of thioether (sulfide) groups is 1. The van der Waals surface area contributed by atoms with Gasteiger partial charge in [-0.25, -0.2) is 0 Å². The van der Waals surface area contributed by atoms with E-state index in [9.17, 15) is 4.79 Å². The minimum Gasteiger partial charge on any atom is -0.481 e. The Bertz CT molecular complexity index is 385. The average Bonchev–Trinajstić information content (AvgIpc) is 3.09. The Hall–Kier alpha value is -0.960. The average molecular weight is 236 g/mol. The maximum Gasteiger partial charge on any atom is 0.303 e. The predicted octanol–water partition coefficient (Wildman–Crippen LogP) is 3.38. The number of hydrogen-bond donors (Lipinski definition) is 1. The van der Waals surface area contributed by atoms with Crippen molar-refractivity contribution in [2.45, 2.75) is 30.1 Å². The van der Waals surface area contributed by atoms with Crippen LogP contribution in [0.5, 0.6) is 0 Å². The summed E-state index contributed by atoms with van der Waals surface area (Å²) in [6.07, 6.45) is 4.67. The van der Waals surface area contributed by atoms with Gasteiger partial charge in [-0.1, -0.05) is 12.1 Å². The van der Waals surface area contributed by atoms with E-state index in [0.717, 1.165) is 0 Å². The summed E-state index contributed by atoms with van der Waals surface area (Å²) in [6.45, 7) is 0. The molecule has 0 spiro atoms. The Morgan fingerprint density at radius 2 is 2.31 bits per heavy atom. The summed E-state index contributed by atoms with van der Waals surface area (Å²) >= 11 is 1.70. The molecule has 0 amide bonds. The van der Waals surface area contributed by atoms with Gasteiger partial charge in [0, 0.05) is 4.90 Å². The Labute approximate surface area is 100 Å². The molecule has 1 unspecified atom stereocenters. The highest BCUT2D eigenvalue weighted by Gasteiger charge is 2.33. The summed E-state index contributed by atoms with van der Waals surface area (Å²) in [6, 6.07) is 8.29. The van der Waals surface area contributed by atoms with Crippen molar-refractivity contribution in [2.24, 2.45) is 5.92 Å². The van der Waals surface area contributed by atoms with E-state index in [4.69, 9.17) is 5.11 Å². The number of carboxylic acid groups (broad SMARTS) is 1. The van der Waals surface area contributed by atoms with Crippen molar-refractivity contribution in [2.75, 3.05) is 6.26 Å². The quantitative estimate of drug-likeness (QED) is 0.796. The van der Waals surface area contributed by atoms with Crippen LogP contribution in [0.1, 0.15) is 30.7 Å². The van der Waals surface area contributed by atoms with Gasteiger partial charge in [0.05, 0.1) is 6.42 Å². The highest BCUT2D eigenvalue weighted by Crippen LogP contribution is 2.44. The molecule has 1 N–H and O–H groups in total. The third-order valence-electron chi connectivity index (χ3n) is 3.11. The van der Waals surface area contributed by atoms with E-state index >= 15 is 0 Å². The SMILES string of the molecule is CSc1cccc(C(CC(=O)O)C2CC2)c1. The van der Waals surface area contributed by atoms with Crippen LogP contribution in [0.2, 0.25) is 0 Å². The van der Waals surface area contributed by atoms with E-state index in [-0.39, 0.29) is 12.3 Å². The lowest BCUT2D eigenvalue weighted by Crippen LogP contribution is -2.08. The third-order valence-corrected chi connectivity index (χ3v) is 3.83. The monoisotopic (exact) mass is 236 g/mol. The fraction of sp³-hybridized carbons (Fsp3) is 0.462. The highest BCUT2D eigenvalue weighted by molar-refractivity contribution is 7.98. The maximum atomic E-state index is 10.9. The summed E-state index contributed by atoms with van der Waals surface area (Å²) in [4.78, 5) is 12.1. The first-order valence-corrected chi connectivity index (χ1v) is 6.79.